The number of rotatable bonds is 5. The van der Waals surface area contributed by atoms with Gasteiger partial charge in [-0.2, -0.15) is 0 Å². The lowest BCUT2D eigenvalue weighted by Crippen LogP contribution is -2.18. The molecule has 0 aliphatic carbocycles. The number of pyridine rings is 1. The second-order valence-corrected chi connectivity index (χ2v) is 4.92. The van der Waals surface area contributed by atoms with E-state index in [1.807, 2.05) is 0 Å². The van der Waals surface area contributed by atoms with Crippen LogP contribution in [0.1, 0.15) is 22.5 Å². The van der Waals surface area contributed by atoms with E-state index in [0.717, 1.165) is 12.3 Å². The summed E-state index contributed by atoms with van der Waals surface area (Å²) in [5.74, 6) is -3.67. The smallest absolute Gasteiger partial charge is 0.277 e. The van der Waals surface area contributed by atoms with Crippen molar-refractivity contribution in [2.45, 2.75) is 12.8 Å². The van der Waals surface area contributed by atoms with E-state index >= 15 is 0 Å². The first-order valence-electron chi connectivity index (χ1n) is 7.02. The van der Waals surface area contributed by atoms with Gasteiger partial charge in [0.2, 0.25) is 5.91 Å². The summed E-state index contributed by atoms with van der Waals surface area (Å²) >= 11 is 0. The van der Waals surface area contributed by atoms with E-state index in [1.54, 1.807) is 0 Å². The third-order valence-electron chi connectivity index (χ3n) is 3.23. The number of anilines is 1. The second kappa shape index (κ2) is 7.58. The van der Waals surface area contributed by atoms with Gasteiger partial charge in [0.25, 0.3) is 5.91 Å². The average Bonchev–Trinajstić information content (AvgIpc) is 2.54. The monoisotopic (exact) mass is 337 g/mol. The Morgan fingerprint density at radius 2 is 1.88 bits per heavy atom. The van der Waals surface area contributed by atoms with Crippen molar-refractivity contribution >= 4 is 17.5 Å². The van der Waals surface area contributed by atoms with E-state index in [9.17, 15) is 22.8 Å². The van der Waals surface area contributed by atoms with Crippen molar-refractivity contribution in [2.75, 3.05) is 12.4 Å². The van der Waals surface area contributed by atoms with Crippen LogP contribution in [0, 0.1) is 17.5 Å². The highest BCUT2D eigenvalue weighted by atomic mass is 19.1. The van der Waals surface area contributed by atoms with E-state index in [0.29, 0.717) is 6.07 Å². The Kier molecular flexibility index (Phi) is 5.51. The lowest BCUT2D eigenvalue weighted by Gasteiger charge is -2.09. The number of benzene rings is 1. The van der Waals surface area contributed by atoms with Gasteiger partial charge in [0.05, 0.1) is 6.20 Å². The van der Waals surface area contributed by atoms with Gasteiger partial charge in [-0.3, -0.25) is 9.59 Å². The van der Waals surface area contributed by atoms with Crippen molar-refractivity contribution < 1.29 is 22.8 Å². The summed E-state index contributed by atoms with van der Waals surface area (Å²) in [5, 5.41) is 4.78. The number of hydrogen-bond acceptors (Lipinski definition) is 3. The fraction of sp³-hybridized carbons (Fsp3) is 0.188. The van der Waals surface area contributed by atoms with Gasteiger partial charge in [0.15, 0.2) is 11.5 Å². The van der Waals surface area contributed by atoms with Crippen molar-refractivity contribution in [1.82, 2.24) is 10.3 Å². The van der Waals surface area contributed by atoms with Gasteiger partial charge >= 0.3 is 0 Å². The normalized spacial score (nSPS) is 10.3. The Morgan fingerprint density at radius 3 is 2.54 bits per heavy atom. The molecule has 0 saturated heterocycles. The molecule has 0 aliphatic rings. The highest BCUT2D eigenvalue weighted by Crippen LogP contribution is 2.18. The van der Waals surface area contributed by atoms with Gasteiger partial charge < -0.3 is 10.6 Å². The van der Waals surface area contributed by atoms with E-state index in [-0.39, 0.29) is 30.0 Å². The summed E-state index contributed by atoms with van der Waals surface area (Å²) in [5.41, 5.74) is -0.143. The predicted molar refractivity (Wildman–Crippen MR) is 80.9 cm³/mol. The molecule has 0 bridgehead atoms. The van der Waals surface area contributed by atoms with E-state index < -0.39 is 29.1 Å². The molecule has 0 unspecified atom stereocenters. The number of aryl methyl sites for hydroxylation is 1. The summed E-state index contributed by atoms with van der Waals surface area (Å²) in [6, 6.07) is 4.31. The first kappa shape index (κ1) is 17.5. The molecule has 0 fully saturated rings. The molecule has 2 aromatic rings. The SMILES string of the molecule is CNC(=O)CCc1cc(NC(=O)c2ncc(F)cc2F)ccc1F. The first-order chi connectivity index (χ1) is 11.4. The third kappa shape index (κ3) is 4.31. The Balaban J connectivity index is 2.14. The molecule has 0 aliphatic heterocycles. The van der Waals surface area contributed by atoms with Gasteiger partial charge in [-0.25, -0.2) is 18.2 Å². The van der Waals surface area contributed by atoms with Crippen molar-refractivity contribution in [3.05, 3.63) is 59.2 Å². The van der Waals surface area contributed by atoms with Crippen molar-refractivity contribution in [3.8, 4) is 0 Å². The molecule has 0 radical (unpaired) electrons. The maximum atomic E-state index is 13.7. The molecule has 2 N–H and O–H groups in total. The lowest BCUT2D eigenvalue weighted by atomic mass is 10.1. The first-order valence-corrected chi connectivity index (χ1v) is 7.02. The van der Waals surface area contributed by atoms with Crippen LogP contribution >= 0.6 is 0 Å². The molecule has 1 heterocycles. The summed E-state index contributed by atoms with van der Waals surface area (Å²) in [4.78, 5) is 26.6. The molecular weight excluding hydrogens is 323 g/mol. The van der Waals surface area contributed by atoms with Crippen LogP contribution in [0.2, 0.25) is 0 Å². The van der Waals surface area contributed by atoms with Crippen LogP contribution in [0.5, 0.6) is 0 Å². The molecule has 0 saturated carbocycles. The maximum Gasteiger partial charge on any atom is 0.277 e. The van der Waals surface area contributed by atoms with Crippen LogP contribution in [0.15, 0.2) is 30.5 Å². The number of hydrogen-bond donors (Lipinski definition) is 2. The molecule has 0 atom stereocenters. The molecule has 24 heavy (non-hydrogen) atoms. The van der Waals surface area contributed by atoms with Crippen LogP contribution in [-0.4, -0.2) is 23.8 Å². The number of carbonyl (C=O) groups is 2. The minimum atomic E-state index is -1.10. The van der Waals surface area contributed by atoms with Gasteiger partial charge in [0.1, 0.15) is 11.6 Å². The van der Waals surface area contributed by atoms with E-state index in [1.165, 1.54) is 19.2 Å². The third-order valence-corrected chi connectivity index (χ3v) is 3.23. The molecule has 2 rings (SSSR count). The fourth-order valence-electron chi connectivity index (χ4n) is 1.99. The predicted octanol–water partition coefficient (Wildman–Crippen LogP) is 2.43. The number of halogens is 3. The molecular formula is C16H14F3N3O2. The van der Waals surface area contributed by atoms with Crippen LogP contribution in [0.4, 0.5) is 18.9 Å². The maximum absolute atomic E-state index is 13.7. The zero-order chi connectivity index (χ0) is 17.7. The molecule has 1 aromatic carbocycles. The average molecular weight is 337 g/mol. The van der Waals surface area contributed by atoms with Gasteiger partial charge in [-0.1, -0.05) is 0 Å². The number of carbonyl (C=O) groups excluding carboxylic acids is 2. The topological polar surface area (TPSA) is 71.1 Å². The Labute approximate surface area is 135 Å². The quantitative estimate of drug-likeness (QED) is 0.880. The number of nitrogens with zero attached hydrogens (tertiary/aromatic N) is 1. The molecule has 2 amide bonds. The summed E-state index contributed by atoms with van der Waals surface area (Å²) < 4.78 is 40.1. The highest BCUT2D eigenvalue weighted by Gasteiger charge is 2.15. The Bertz CT molecular complexity index is 781. The second-order valence-electron chi connectivity index (χ2n) is 4.92. The van der Waals surface area contributed by atoms with Crippen molar-refractivity contribution in [1.29, 1.82) is 0 Å². The largest absolute Gasteiger partial charge is 0.359 e. The van der Waals surface area contributed by atoms with Crippen LogP contribution in [-0.2, 0) is 11.2 Å². The Hall–Kier alpha value is -2.90. The number of nitrogens with one attached hydrogen (secondary N) is 2. The zero-order valence-corrected chi connectivity index (χ0v) is 12.7. The van der Waals surface area contributed by atoms with Gasteiger partial charge in [-0.05, 0) is 30.2 Å². The van der Waals surface area contributed by atoms with Crippen LogP contribution < -0.4 is 10.6 Å². The standard InChI is InChI=1S/C16H14F3N3O2/c1-20-14(23)5-2-9-6-11(3-4-12(9)18)22-16(24)15-13(19)7-10(17)8-21-15/h3-4,6-8H,2,5H2,1H3,(H,20,23)(H,22,24). The van der Waals surface area contributed by atoms with Crippen LogP contribution in [0.25, 0.3) is 0 Å². The fourth-order valence-corrected chi connectivity index (χ4v) is 1.99. The molecule has 0 spiro atoms. The minimum absolute atomic E-state index is 0.0823. The summed E-state index contributed by atoms with van der Waals surface area (Å²) in [7, 11) is 1.47. The zero-order valence-electron chi connectivity index (χ0n) is 12.7. The van der Waals surface area contributed by atoms with Crippen LogP contribution in [0.3, 0.4) is 0 Å². The highest BCUT2D eigenvalue weighted by molar-refractivity contribution is 6.03. The molecule has 126 valence electrons. The minimum Gasteiger partial charge on any atom is -0.359 e. The number of amides is 2. The van der Waals surface area contributed by atoms with Crippen molar-refractivity contribution in [3.63, 3.8) is 0 Å². The summed E-state index contributed by atoms with van der Waals surface area (Å²) in [6.45, 7) is 0. The molecule has 5 nitrogen and oxygen atoms in total. The van der Waals surface area contributed by atoms with E-state index in [4.69, 9.17) is 0 Å². The van der Waals surface area contributed by atoms with Gasteiger partial charge in [-0.15, -0.1) is 0 Å². The molecule has 1 aromatic heterocycles. The Morgan fingerprint density at radius 1 is 1.12 bits per heavy atom. The van der Waals surface area contributed by atoms with E-state index in [2.05, 4.69) is 15.6 Å². The van der Waals surface area contributed by atoms with Gasteiger partial charge in [0, 0.05) is 25.2 Å². The molecule has 8 heteroatoms. The summed E-state index contributed by atoms with van der Waals surface area (Å²) in [6.07, 6.45) is 0.939. The van der Waals surface area contributed by atoms with Crippen molar-refractivity contribution in [2.24, 2.45) is 0 Å². The lowest BCUT2D eigenvalue weighted by molar-refractivity contribution is -0.120. The number of aromatic nitrogens is 1.